The van der Waals surface area contributed by atoms with Gasteiger partial charge >= 0.3 is 0 Å². The first kappa shape index (κ1) is 16.3. The molecule has 1 heterocycles. The molecule has 5 nitrogen and oxygen atoms in total. The minimum absolute atomic E-state index is 0.0247. The zero-order valence-electron chi connectivity index (χ0n) is 13.2. The Bertz CT molecular complexity index is 381. The van der Waals surface area contributed by atoms with Gasteiger partial charge < -0.3 is 15.3 Å². The number of rotatable bonds is 3. The van der Waals surface area contributed by atoms with Crippen molar-refractivity contribution in [2.45, 2.75) is 57.9 Å². The second-order valence-electron chi connectivity index (χ2n) is 6.89. The van der Waals surface area contributed by atoms with Gasteiger partial charge in [-0.1, -0.05) is 6.92 Å². The summed E-state index contributed by atoms with van der Waals surface area (Å²) in [6, 6.07) is 0. The zero-order valence-corrected chi connectivity index (χ0v) is 13.2. The Morgan fingerprint density at radius 1 is 1.19 bits per heavy atom. The van der Waals surface area contributed by atoms with E-state index in [4.69, 9.17) is 0 Å². The number of piperidine rings is 1. The summed E-state index contributed by atoms with van der Waals surface area (Å²) in [6.45, 7) is 5.15. The Kier molecular flexibility index (Phi) is 5.25. The molecule has 2 fully saturated rings. The molecule has 0 radical (unpaired) electrons. The second-order valence-corrected chi connectivity index (χ2v) is 6.89. The van der Waals surface area contributed by atoms with Gasteiger partial charge in [-0.05, 0) is 44.4 Å². The molecule has 2 rings (SSSR count). The third-order valence-electron chi connectivity index (χ3n) is 5.23. The van der Waals surface area contributed by atoms with Gasteiger partial charge in [-0.25, -0.2) is 0 Å². The van der Waals surface area contributed by atoms with E-state index in [1.165, 1.54) is 0 Å². The largest absolute Gasteiger partial charge is 0.394 e. The summed E-state index contributed by atoms with van der Waals surface area (Å²) < 4.78 is 0. The summed E-state index contributed by atoms with van der Waals surface area (Å²) >= 11 is 0. The minimum Gasteiger partial charge on any atom is -0.394 e. The molecule has 0 bridgehead atoms. The van der Waals surface area contributed by atoms with E-state index in [-0.39, 0.29) is 24.3 Å². The van der Waals surface area contributed by atoms with Gasteiger partial charge in [0.1, 0.15) is 0 Å². The van der Waals surface area contributed by atoms with E-state index in [9.17, 15) is 14.7 Å². The van der Waals surface area contributed by atoms with Gasteiger partial charge in [0.05, 0.1) is 12.1 Å². The van der Waals surface area contributed by atoms with Crippen molar-refractivity contribution < 1.29 is 14.7 Å². The van der Waals surface area contributed by atoms with Crippen molar-refractivity contribution in [3.05, 3.63) is 0 Å². The van der Waals surface area contributed by atoms with Gasteiger partial charge in [0.25, 0.3) is 0 Å². The first-order valence-electron chi connectivity index (χ1n) is 8.14. The standard InChI is InChI=1S/C16H28N2O3/c1-12-3-7-16(11-19,8-4-12)17-15(21)14-5-9-18(10-6-14)13(2)20/h12,14,19H,3-11H2,1-2H3,(H,17,21). The predicted octanol–water partition coefficient (Wildman–Crippen LogP) is 1.30. The van der Waals surface area contributed by atoms with Crippen LogP contribution < -0.4 is 5.32 Å². The van der Waals surface area contributed by atoms with Crippen molar-refractivity contribution in [1.82, 2.24) is 10.2 Å². The van der Waals surface area contributed by atoms with Crippen molar-refractivity contribution in [3.8, 4) is 0 Å². The Morgan fingerprint density at radius 2 is 1.76 bits per heavy atom. The van der Waals surface area contributed by atoms with Crippen LogP contribution in [0.4, 0.5) is 0 Å². The lowest BCUT2D eigenvalue weighted by Gasteiger charge is -2.40. The summed E-state index contributed by atoms with van der Waals surface area (Å²) in [5.41, 5.74) is -0.415. The third-order valence-corrected chi connectivity index (χ3v) is 5.23. The molecule has 1 saturated heterocycles. The van der Waals surface area contributed by atoms with E-state index in [0.717, 1.165) is 38.5 Å². The number of nitrogens with one attached hydrogen (secondary N) is 1. The van der Waals surface area contributed by atoms with Crippen LogP contribution >= 0.6 is 0 Å². The van der Waals surface area contributed by atoms with E-state index in [2.05, 4.69) is 12.2 Å². The lowest BCUT2D eigenvalue weighted by molar-refractivity contribution is -0.135. The quantitative estimate of drug-likeness (QED) is 0.825. The molecule has 1 aliphatic heterocycles. The van der Waals surface area contributed by atoms with Crippen molar-refractivity contribution in [3.63, 3.8) is 0 Å². The Labute approximate surface area is 127 Å². The number of carbonyl (C=O) groups is 2. The van der Waals surface area contributed by atoms with Crippen LogP contribution in [0.15, 0.2) is 0 Å². The summed E-state index contributed by atoms with van der Waals surface area (Å²) in [6.07, 6.45) is 5.30. The van der Waals surface area contributed by atoms with Crippen molar-refractivity contribution in [2.24, 2.45) is 11.8 Å². The van der Waals surface area contributed by atoms with Crippen molar-refractivity contribution in [1.29, 1.82) is 0 Å². The number of carbonyl (C=O) groups excluding carboxylic acids is 2. The fraction of sp³-hybridized carbons (Fsp3) is 0.875. The molecular weight excluding hydrogens is 268 g/mol. The Morgan fingerprint density at radius 3 is 2.24 bits per heavy atom. The van der Waals surface area contributed by atoms with E-state index in [0.29, 0.717) is 19.0 Å². The number of amides is 2. The van der Waals surface area contributed by atoms with Gasteiger partial charge in [-0.2, -0.15) is 0 Å². The molecular formula is C16H28N2O3. The molecule has 21 heavy (non-hydrogen) atoms. The second kappa shape index (κ2) is 6.77. The van der Waals surface area contributed by atoms with E-state index >= 15 is 0 Å². The number of likely N-dealkylation sites (tertiary alicyclic amines) is 1. The number of aliphatic hydroxyl groups excluding tert-OH is 1. The first-order chi connectivity index (χ1) is 9.96. The van der Waals surface area contributed by atoms with Crippen molar-refractivity contribution >= 4 is 11.8 Å². The highest BCUT2D eigenvalue weighted by Crippen LogP contribution is 2.32. The molecule has 1 aliphatic carbocycles. The molecule has 2 amide bonds. The SMILES string of the molecule is CC(=O)N1CCC(C(=O)NC2(CO)CCC(C)CC2)CC1. The van der Waals surface area contributed by atoms with Crippen LogP contribution in [-0.4, -0.2) is 47.1 Å². The van der Waals surface area contributed by atoms with Crippen LogP contribution in [-0.2, 0) is 9.59 Å². The van der Waals surface area contributed by atoms with Gasteiger partial charge in [-0.3, -0.25) is 9.59 Å². The molecule has 0 aromatic carbocycles. The van der Waals surface area contributed by atoms with E-state index in [1.54, 1.807) is 11.8 Å². The number of nitrogens with zero attached hydrogens (tertiary/aromatic N) is 1. The van der Waals surface area contributed by atoms with Crippen molar-refractivity contribution in [2.75, 3.05) is 19.7 Å². The molecule has 0 atom stereocenters. The average Bonchev–Trinajstić information content (AvgIpc) is 2.50. The van der Waals surface area contributed by atoms with E-state index < -0.39 is 5.54 Å². The van der Waals surface area contributed by atoms with Crippen LogP contribution in [0, 0.1) is 11.8 Å². The van der Waals surface area contributed by atoms with Gasteiger partial charge in [0.2, 0.25) is 11.8 Å². The maximum absolute atomic E-state index is 12.5. The highest BCUT2D eigenvalue weighted by molar-refractivity contribution is 5.80. The Balaban J connectivity index is 1.87. The maximum atomic E-state index is 12.5. The highest BCUT2D eigenvalue weighted by Gasteiger charge is 2.37. The highest BCUT2D eigenvalue weighted by atomic mass is 16.3. The Hall–Kier alpha value is -1.10. The molecule has 2 N–H and O–H groups in total. The van der Waals surface area contributed by atoms with Crippen LogP contribution in [0.2, 0.25) is 0 Å². The molecule has 2 aliphatic rings. The lowest BCUT2D eigenvalue weighted by Crippen LogP contribution is -2.55. The monoisotopic (exact) mass is 296 g/mol. The van der Waals surface area contributed by atoms with Crippen LogP contribution in [0.3, 0.4) is 0 Å². The number of hydrogen-bond acceptors (Lipinski definition) is 3. The molecule has 1 saturated carbocycles. The summed E-state index contributed by atoms with van der Waals surface area (Å²) in [4.78, 5) is 25.6. The average molecular weight is 296 g/mol. The lowest BCUT2D eigenvalue weighted by atomic mass is 9.77. The summed E-state index contributed by atoms with van der Waals surface area (Å²) in [5.74, 6) is 0.799. The van der Waals surface area contributed by atoms with Gasteiger partial charge in [-0.15, -0.1) is 0 Å². The number of aliphatic hydroxyl groups is 1. The van der Waals surface area contributed by atoms with Crippen LogP contribution in [0.25, 0.3) is 0 Å². The molecule has 0 aromatic heterocycles. The minimum atomic E-state index is -0.415. The summed E-state index contributed by atoms with van der Waals surface area (Å²) in [7, 11) is 0. The predicted molar refractivity (Wildman–Crippen MR) is 80.6 cm³/mol. The molecule has 0 aromatic rings. The smallest absolute Gasteiger partial charge is 0.223 e. The zero-order chi connectivity index (χ0) is 15.5. The van der Waals surface area contributed by atoms with Crippen LogP contribution in [0.5, 0.6) is 0 Å². The topological polar surface area (TPSA) is 69.6 Å². The van der Waals surface area contributed by atoms with E-state index in [1.807, 2.05) is 0 Å². The van der Waals surface area contributed by atoms with Gasteiger partial charge in [0.15, 0.2) is 0 Å². The molecule has 120 valence electrons. The third kappa shape index (κ3) is 3.96. The maximum Gasteiger partial charge on any atom is 0.223 e. The fourth-order valence-corrected chi connectivity index (χ4v) is 3.46. The normalized spacial score (nSPS) is 31.0. The molecule has 5 heteroatoms. The van der Waals surface area contributed by atoms with Gasteiger partial charge in [0, 0.05) is 25.9 Å². The molecule has 0 unspecified atom stereocenters. The summed E-state index contributed by atoms with van der Waals surface area (Å²) in [5, 5.41) is 12.8. The molecule has 0 spiro atoms. The van der Waals surface area contributed by atoms with Crippen LogP contribution in [0.1, 0.15) is 52.4 Å². The fourth-order valence-electron chi connectivity index (χ4n) is 3.46. The first-order valence-corrected chi connectivity index (χ1v) is 8.14. The number of hydrogen-bond donors (Lipinski definition) is 2.